The molecule has 0 spiro atoms. The van der Waals surface area contributed by atoms with E-state index in [0.29, 0.717) is 19.2 Å². The summed E-state index contributed by atoms with van der Waals surface area (Å²) < 4.78 is 64.1. The molecule has 0 saturated carbocycles. The summed E-state index contributed by atoms with van der Waals surface area (Å²) in [6.45, 7) is 6.16. The lowest BCUT2D eigenvalue weighted by Crippen LogP contribution is -2.51. The molecule has 2 fully saturated rings. The molecule has 0 N–H and O–H groups in total. The summed E-state index contributed by atoms with van der Waals surface area (Å²) >= 11 is 0. The quantitative estimate of drug-likeness (QED) is 0.606. The molecule has 2 heterocycles. The molecule has 1 amide bonds. The third kappa shape index (κ3) is 5.44. The van der Waals surface area contributed by atoms with Gasteiger partial charge in [-0.25, -0.2) is 17.2 Å². The Kier molecular flexibility index (Phi) is 7.51. The van der Waals surface area contributed by atoms with Gasteiger partial charge in [-0.05, 0) is 51.8 Å². The van der Waals surface area contributed by atoms with E-state index in [2.05, 4.69) is 0 Å². The van der Waals surface area contributed by atoms with Crippen LogP contribution in [0, 0.1) is 17.6 Å². The largest absolute Gasteiger partial charge is 0.452 e. The Bertz CT molecular complexity index is 955. The molecule has 0 aromatic heterocycles. The average Bonchev–Trinajstić information content (AvgIpc) is 2.74. The molecule has 3 atom stereocenters. The van der Waals surface area contributed by atoms with Gasteiger partial charge in [0.25, 0.3) is 5.91 Å². The number of sulfonamides is 1. The number of carbonyl (C=O) groups is 2. The maximum absolute atomic E-state index is 13.5. The molecule has 1 aromatic carbocycles. The summed E-state index contributed by atoms with van der Waals surface area (Å²) in [4.78, 5) is 26.5. The number of piperidine rings is 1. The zero-order chi connectivity index (χ0) is 23.6. The first-order valence-electron chi connectivity index (χ1n) is 10.6. The van der Waals surface area contributed by atoms with Crippen molar-refractivity contribution in [1.29, 1.82) is 0 Å². The van der Waals surface area contributed by atoms with Crippen LogP contribution in [-0.2, 0) is 29.1 Å². The van der Waals surface area contributed by atoms with Crippen LogP contribution >= 0.6 is 0 Å². The fourth-order valence-electron chi connectivity index (χ4n) is 4.05. The van der Waals surface area contributed by atoms with Crippen molar-refractivity contribution in [2.75, 3.05) is 26.2 Å². The number of carbonyl (C=O) groups excluding carboxylic acids is 2. The number of halogens is 2. The van der Waals surface area contributed by atoms with Crippen molar-refractivity contribution in [2.24, 2.45) is 5.92 Å². The van der Waals surface area contributed by atoms with Crippen LogP contribution in [0.4, 0.5) is 8.78 Å². The van der Waals surface area contributed by atoms with Gasteiger partial charge in [0.1, 0.15) is 0 Å². The van der Waals surface area contributed by atoms with E-state index in [9.17, 15) is 26.8 Å². The van der Waals surface area contributed by atoms with Gasteiger partial charge in [-0.15, -0.1) is 0 Å². The molecule has 3 unspecified atom stereocenters. The molecule has 11 heteroatoms. The van der Waals surface area contributed by atoms with Crippen molar-refractivity contribution in [3.63, 3.8) is 0 Å². The summed E-state index contributed by atoms with van der Waals surface area (Å²) in [6.07, 6.45) is -0.760. The van der Waals surface area contributed by atoms with E-state index < -0.39 is 39.6 Å². The minimum absolute atomic E-state index is 0.0297. The van der Waals surface area contributed by atoms with Gasteiger partial charge in [-0.3, -0.25) is 9.59 Å². The molecule has 3 rings (SSSR count). The second-order valence-electron chi connectivity index (χ2n) is 8.33. The predicted octanol–water partition coefficient (Wildman–Crippen LogP) is 1.93. The van der Waals surface area contributed by atoms with E-state index in [1.165, 1.54) is 6.92 Å². The van der Waals surface area contributed by atoms with E-state index in [0.717, 1.165) is 16.4 Å². The van der Waals surface area contributed by atoms with Gasteiger partial charge < -0.3 is 14.4 Å². The molecule has 0 radical (unpaired) electrons. The Labute approximate surface area is 186 Å². The Hall–Kier alpha value is -2.11. The second kappa shape index (κ2) is 9.80. The Morgan fingerprint density at radius 1 is 1.09 bits per heavy atom. The molecular weight excluding hydrogens is 446 g/mol. The van der Waals surface area contributed by atoms with Gasteiger partial charge in [0, 0.05) is 26.2 Å². The molecule has 2 aliphatic rings. The van der Waals surface area contributed by atoms with Crippen LogP contribution in [0.3, 0.4) is 0 Å². The number of ether oxygens (including phenoxy) is 2. The lowest BCUT2D eigenvalue weighted by atomic mass is 9.98. The highest BCUT2D eigenvalue weighted by molar-refractivity contribution is 7.89. The summed E-state index contributed by atoms with van der Waals surface area (Å²) in [7, 11) is -4.01. The Balaban J connectivity index is 1.54. The highest BCUT2D eigenvalue weighted by atomic mass is 32.2. The van der Waals surface area contributed by atoms with Gasteiger partial charge in [0.15, 0.2) is 17.7 Å². The lowest BCUT2D eigenvalue weighted by Gasteiger charge is -2.36. The van der Waals surface area contributed by atoms with Crippen molar-refractivity contribution < 1.29 is 36.3 Å². The van der Waals surface area contributed by atoms with E-state index in [1.807, 2.05) is 13.8 Å². The molecule has 32 heavy (non-hydrogen) atoms. The summed E-state index contributed by atoms with van der Waals surface area (Å²) in [5, 5.41) is 0. The molecule has 2 aliphatic heterocycles. The summed E-state index contributed by atoms with van der Waals surface area (Å²) in [5.74, 6) is -3.77. The minimum atomic E-state index is -4.01. The molecule has 8 nitrogen and oxygen atoms in total. The average molecular weight is 475 g/mol. The van der Waals surface area contributed by atoms with Crippen molar-refractivity contribution in [3.05, 3.63) is 29.8 Å². The fraction of sp³-hybridized carbons (Fsp3) is 0.619. The van der Waals surface area contributed by atoms with E-state index >= 15 is 0 Å². The first-order valence-corrected chi connectivity index (χ1v) is 12.0. The van der Waals surface area contributed by atoms with Gasteiger partial charge >= 0.3 is 5.97 Å². The van der Waals surface area contributed by atoms with Gasteiger partial charge in [-0.1, -0.05) is 0 Å². The standard InChI is InChI=1S/C21H28F2N2O6S/c1-13-11-24(12-14(2)30-13)20(26)15(3)31-21(27)16-6-8-25(9-7-16)32(28,29)17-4-5-18(22)19(23)10-17/h4-5,10,13-16H,6-9,11-12H2,1-3H3. The van der Waals surface area contributed by atoms with Crippen molar-refractivity contribution in [3.8, 4) is 0 Å². The molecular formula is C21H28F2N2O6S. The van der Waals surface area contributed by atoms with Crippen LogP contribution in [0.2, 0.25) is 0 Å². The van der Waals surface area contributed by atoms with Crippen molar-refractivity contribution in [1.82, 2.24) is 9.21 Å². The number of rotatable bonds is 5. The van der Waals surface area contributed by atoms with Crippen LogP contribution in [-0.4, -0.2) is 74.0 Å². The van der Waals surface area contributed by atoms with Gasteiger partial charge in [0.2, 0.25) is 10.0 Å². The molecule has 2 saturated heterocycles. The first-order chi connectivity index (χ1) is 15.0. The number of benzene rings is 1. The SMILES string of the molecule is CC1CN(C(=O)C(C)OC(=O)C2CCN(S(=O)(=O)c3ccc(F)c(F)c3)CC2)CC(C)O1. The Morgan fingerprint density at radius 3 is 2.25 bits per heavy atom. The second-order valence-corrected chi connectivity index (χ2v) is 10.3. The maximum atomic E-state index is 13.5. The third-order valence-electron chi connectivity index (χ3n) is 5.69. The number of amides is 1. The zero-order valence-corrected chi connectivity index (χ0v) is 19.1. The van der Waals surface area contributed by atoms with Gasteiger partial charge in [-0.2, -0.15) is 4.31 Å². The highest BCUT2D eigenvalue weighted by Crippen LogP contribution is 2.26. The molecule has 178 valence electrons. The topological polar surface area (TPSA) is 93.2 Å². The number of hydrogen-bond donors (Lipinski definition) is 0. The summed E-state index contributed by atoms with van der Waals surface area (Å²) in [5.41, 5.74) is 0. The number of esters is 1. The monoisotopic (exact) mass is 474 g/mol. The van der Waals surface area contributed by atoms with Crippen LogP contribution in [0.15, 0.2) is 23.1 Å². The smallest absolute Gasteiger partial charge is 0.309 e. The van der Waals surface area contributed by atoms with Crippen molar-refractivity contribution in [2.45, 2.75) is 56.8 Å². The zero-order valence-electron chi connectivity index (χ0n) is 18.3. The normalized spacial score (nSPS) is 24.2. The van der Waals surface area contributed by atoms with Crippen LogP contribution in [0.5, 0.6) is 0 Å². The first kappa shape index (κ1) is 24.5. The van der Waals surface area contributed by atoms with Crippen LogP contribution in [0.25, 0.3) is 0 Å². The third-order valence-corrected chi connectivity index (χ3v) is 7.58. The lowest BCUT2D eigenvalue weighted by molar-refractivity contribution is -0.167. The molecule has 1 aromatic rings. The molecule has 0 bridgehead atoms. The molecule has 0 aliphatic carbocycles. The summed E-state index contributed by atoms with van der Waals surface area (Å²) in [6, 6.07) is 2.42. The number of morpholine rings is 1. The number of nitrogens with zero attached hydrogens (tertiary/aromatic N) is 2. The number of hydrogen-bond acceptors (Lipinski definition) is 6. The predicted molar refractivity (Wildman–Crippen MR) is 110 cm³/mol. The van der Waals surface area contributed by atoms with Crippen LogP contribution in [0.1, 0.15) is 33.6 Å². The van der Waals surface area contributed by atoms with E-state index in [-0.39, 0.29) is 48.9 Å². The minimum Gasteiger partial charge on any atom is -0.452 e. The van der Waals surface area contributed by atoms with Crippen molar-refractivity contribution >= 4 is 21.9 Å². The Morgan fingerprint density at radius 2 is 1.69 bits per heavy atom. The van der Waals surface area contributed by atoms with Crippen LogP contribution < -0.4 is 0 Å². The highest BCUT2D eigenvalue weighted by Gasteiger charge is 2.35. The van der Waals surface area contributed by atoms with Gasteiger partial charge in [0.05, 0.1) is 23.0 Å². The van der Waals surface area contributed by atoms with E-state index in [1.54, 1.807) is 4.90 Å². The van der Waals surface area contributed by atoms with E-state index in [4.69, 9.17) is 9.47 Å². The maximum Gasteiger partial charge on any atom is 0.309 e. The fourth-order valence-corrected chi connectivity index (χ4v) is 5.54.